The number of nitrogens with two attached hydrogens (primary N) is 1. The summed E-state index contributed by atoms with van der Waals surface area (Å²) in [6.45, 7) is 0. The Morgan fingerprint density at radius 3 is 2.12 bits per heavy atom. The normalized spacial score (nSPS) is 15.9. The van der Waals surface area contributed by atoms with Crippen molar-refractivity contribution in [2.75, 3.05) is 0 Å². The molecule has 0 saturated heterocycles. The molecule has 0 radical (unpaired) electrons. The van der Waals surface area contributed by atoms with Crippen LogP contribution >= 0.6 is 0 Å². The van der Waals surface area contributed by atoms with Crippen LogP contribution in [0.1, 0.15) is 0 Å². The van der Waals surface area contributed by atoms with Crippen molar-refractivity contribution in [3.63, 3.8) is 0 Å². The molecule has 4 N–H and O–H groups in total. The zero-order chi connectivity index (χ0) is 6.78. The van der Waals surface area contributed by atoms with E-state index in [4.69, 9.17) is 4.55 Å². The van der Waals surface area contributed by atoms with E-state index in [9.17, 15) is 12.8 Å². The summed E-state index contributed by atoms with van der Waals surface area (Å²) in [6, 6.07) is 0. The third-order valence-electron chi connectivity index (χ3n) is 0.262. The maximum atomic E-state index is 11.3. The number of hydrogen-bond donors (Lipinski definition) is 3. The molecule has 0 saturated carbocycles. The molecule has 1 unspecified atom stereocenters. The van der Waals surface area contributed by atoms with Gasteiger partial charge in [0.15, 0.2) is 0 Å². The fourth-order valence-corrected chi connectivity index (χ4v) is 0.427. The molecule has 0 aliphatic heterocycles. The third-order valence-corrected chi connectivity index (χ3v) is 0.785. The Kier molecular flexibility index (Phi) is 2.28. The molecule has 8 heavy (non-hydrogen) atoms. The second-order valence-electron chi connectivity index (χ2n) is 0.995. The molecule has 0 aromatic heterocycles. The second kappa shape index (κ2) is 2.35. The molecule has 0 aromatic rings. The van der Waals surface area contributed by atoms with E-state index in [-0.39, 0.29) is 0 Å². The van der Waals surface area contributed by atoms with E-state index in [2.05, 4.69) is 5.73 Å². The van der Waals surface area contributed by atoms with Crippen LogP contribution in [-0.4, -0.2) is 19.4 Å². The molecule has 0 aromatic carbocycles. The summed E-state index contributed by atoms with van der Waals surface area (Å²) >= 11 is 0. The van der Waals surface area contributed by atoms with Gasteiger partial charge in [-0.25, -0.2) is 4.39 Å². The molecule has 0 amide bonds. The molecule has 0 aliphatic carbocycles. The van der Waals surface area contributed by atoms with Gasteiger partial charge in [-0.15, -0.1) is 4.72 Å². The van der Waals surface area contributed by atoms with E-state index in [0.29, 0.717) is 0 Å². The molecule has 0 fully saturated rings. The van der Waals surface area contributed by atoms with Crippen molar-refractivity contribution in [1.82, 2.24) is 4.72 Å². The van der Waals surface area contributed by atoms with Gasteiger partial charge in [-0.2, -0.15) is 8.42 Å². The van der Waals surface area contributed by atoms with Gasteiger partial charge < -0.3 is 0 Å². The Hall–Kier alpha value is -0.240. The predicted octanol–water partition coefficient (Wildman–Crippen LogP) is -1.41. The van der Waals surface area contributed by atoms with Crippen molar-refractivity contribution in [2.24, 2.45) is 5.73 Å². The Labute approximate surface area is 45.6 Å². The number of hydrogen-bond acceptors (Lipinski definition) is 3. The Morgan fingerprint density at radius 2 is 2.12 bits per heavy atom. The van der Waals surface area contributed by atoms with Crippen LogP contribution in [0.3, 0.4) is 0 Å². The summed E-state index contributed by atoms with van der Waals surface area (Å²) in [5.74, 6) is 0. The number of alkyl halides is 1. The van der Waals surface area contributed by atoms with Crippen molar-refractivity contribution >= 4 is 10.3 Å². The van der Waals surface area contributed by atoms with Gasteiger partial charge in [-0.05, 0) is 0 Å². The third kappa shape index (κ3) is 5.76. The van der Waals surface area contributed by atoms with Crippen molar-refractivity contribution in [1.29, 1.82) is 0 Å². The molecule has 50 valence electrons. The Balaban J connectivity index is 3.75. The minimum atomic E-state index is -4.47. The largest absolute Gasteiger partial charge is 0.336 e. The van der Waals surface area contributed by atoms with Crippen LogP contribution in [-0.2, 0) is 10.3 Å². The number of halogens is 1. The van der Waals surface area contributed by atoms with Crippen LogP contribution in [0, 0.1) is 0 Å². The zero-order valence-electron chi connectivity index (χ0n) is 3.70. The van der Waals surface area contributed by atoms with E-state index < -0.39 is 16.7 Å². The van der Waals surface area contributed by atoms with Gasteiger partial charge in [0.25, 0.3) is 0 Å². The summed E-state index contributed by atoms with van der Waals surface area (Å²) in [7, 11) is -4.47. The average molecular weight is 144 g/mol. The summed E-state index contributed by atoms with van der Waals surface area (Å²) in [5.41, 5.74) is 4.26. The van der Waals surface area contributed by atoms with Gasteiger partial charge >= 0.3 is 10.3 Å². The topological polar surface area (TPSA) is 92.4 Å². The molecule has 0 aliphatic rings. The molecule has 0 rings (SSSR count). The van der Waals surface area contributed by atoms with Crippen molar-refractivity contribution in [2.45, 2.75) is 6.42 Å². The van der Waals surface area contributed by atoms with Gasteiger partial charge in [-0.3, -0.25) is 10.3 Å². The molecular weight excluding hydrogens is 139 g/mol. The van der Waals surface area contributed by atoms with Crippen molar-refractivity contribution in [3.05, 3.63) is 0 Å². The van der Waals surface area contributed by atoms with Crippen molar-refractivity contribution in [3.8, 4) is 0 Å². The van der Waals surface area contributed by atoms with Crippen LogP contribution in [0.15, 0.2) is 0 Å². The lowest BCUT2D eigenvalue weighted by atomic mass is 11.2. The van der Waals surface area contributed by atoms with Crippen LogP contribution in [0.25, 0.3) is 0 Å². The monoisotopic (exact) mass is 144 g/mol. The highest BCUT2D eigenvalue weighted by molar-refractivity contribution is 7.83. The molecule has 1 atom stereocenters. The standard InChI is InChI=1S/CH5FN2O3S/c2-1(3)4-8(5,6)7/h1,4H,3H2,(H,5,6,7). The Bertz CT molecular complexity index is 151. The van der Waals surface area contributed by atoms with Gasteiger partial charge in [0.1, 0.15) is 0 Å². The van der Waals surface area contributed by atoms with E-state index >= 15 is 0 Å². The van der Waals surface area contributed by atoms with Crippen LogP contribution < -0.4 is 10.5 Å². The molecule has 7 heteroatoms. The summed E-state index contributed by atoms with van der Waals surface area (Å²) in [5, 5.41) is 0. The average Bonchev–Trinajstić information content (AvgIpc) is 1.21. The highest BCUT2D eigenvalue weighted by Crippen LogP contribution is 1.75. The van der Waals surface area contributed by atoms with Crippen LogP contribution in [0.2, 0.25) is 0 Å². The van der Waals surface area contributed by atoms with Crippen LogP contribution in [0.4, 0.5) is 4.39 Å². The highest BCUT2D eigenvalue weighted by atomic mass is 32.2. The molecule has 5 nitrogen and oxygen atoms in total. The smallest absolute Gasteiger partial charge is 0.288 e. The quantitative estimate of drug-likeness (QED) is 0.252. The lowest BCUT2D eigenvalue weighted by Crippen LogP contribution is -2.37. The van der Waals surface area contributed by atoms with E-state index in [1.807, 2.05) is 0 Å². The zero-order valence-corrected chi connectivity index (χ0v) is 4.52. The molecular formula is CH5FN2O3S. The maximum Gasteiger partial charge on any atom is 0.336 e. The first kappa shape index (κ1) is 7.76. The lowest BCUT2D eigenvalue weighted by Gasteiger charge is -1.97. The fourth-order valence-electron chi connectivity index (χ4n) is 0.142. The van der Waals surface area contributed by atoms with Gasteiger partial charge in [0.2, 0.25) is 6.42 Å². The fraction of sp³-hybridized carbons (Fsp3) is 1.00. The molecule has 0 heterocycles. The first-order valence-corrected chi connectivity index (χ1v) is 3.00. The van der Waals surface area contributed by atoms with Gasteiger partial charge in [-0.1, -0.05) is 0 Å². The van der Waals surface area contributed by atoms with Gasteiger partial charge in [0.05, 0.1) is 0 Å². The van der Waals surface area contributed by atoms with E-state index in [1.54, 1.807) is 0 Å². The van der Waals surface area contributed by atoms with E-state index in [1.165, 1.54) is 0 Å². The highest BCUT2D eigenvalue weighted by Gasteiger charge is 2.06. The van der Waals surface area contributed by atoms with Gasteiger partial charge in [0, 0.05) is 0 Å². The van der Waals surface area contributed by atoms with Crippen LogP contribution in [0.5, 0.6) is 0 Å². The lowest BCUT2D eigenvalue weighted by molar-refractivity contribution is 0.312. The second-order valence-corrected chi connectivity index (χ2v) is 2.18. The number of nitrogens with one attached hydrogen (secondary N) is 1. The maximum absolute atomic E-state index is 11.3. The predicted molar refractivity (Wildman–Crippen MR) is 23.8 cm³/mol. The minimum Gasteiger partial charge on any atom is -0.288 e. The number of rotatable bonds is 2. The SMILES string of the molecule is NC(F)NS(=O)(=O)O. The first-order valence-electron chi connectivity index (χ1n) is 1.56. The molecule has 0 bridgehead atoms. The Morgan fingerprint density at radius 1 is 1.75 bits per heavy atom. The summed E-state index contributed by atoms with van der Waals surface area (Å²) < 4.78 is 39.2. The molecule has 0 spiro atoms. The van der Waals surface area contributed by atoms with E-state index in [0.717, 1.165) is 4.72 Å². The first-order chi connectivity index (χ1) is 3.42. The minimum absolute atomic E-state index is 1.02. The summed E-state index contributed by atoms with van der Waals surface area (Å²) in [4.78, 5) is 0. The summed E-state index contributed by atoms with van der Waals surface area (Å²) in [6.07, 6.45) is -2.25. The van der Waals surface area contributed by atoms with Crippen molar-refractivity contribution < 1.29 is 17.4 Å².